The lowest BCUT2D eigenvalue weighted by Gasteiger charge is -2.15. The second-order valence-electron chi connectivity index (χ2n) is 9.32. The highest BCUT2D eigenvalue weighted by molar-refractivity contribution is 9.10. The first-order valence-corrected chi connectivity index (χ1v) is 13.9. The van der Waals surface area contributed by atoms with Crippen molar-refractivity contribution in [3.63, 3.8) is 0 Å². The predicted octanol–water partition coefficient (Wildman–Crippen LogP) is 6.12. The van der Waals surface area contributed by atoms with Crippen LogP contribution in [0.4, 0.5) is 0 Å². The van der Waals surface area contributed by atoms with Gasteiger partial charge in [-0.2, -0.15) is 9.78 Å². The van der Waals surface area contributed by atoms with Crippen LogP contribution >= 0.6 is 15.9 Å². The molecule has 0 amide bonds. The fraction of sp³-hybridized carbons (Fsp3) is 0.333. The van der Waals surface area contributed by atoms with Crippen molar-refractivity contribution in [2.45, 2.75) is 60.0 Å². The second-order valence-corrected chi connectivity index (χ2v) is 10.2. The Morgan fingerprint density at radius 3 is 2.56 bits per heavy atom. The van der Waals surface area contributed by atoms with Crippen molar-refractivity contribution in [3.8, 4) is 11.4 Å². The molecule has 2 aromatic carbocycles. The van der Waals surface area contributed by atoms with Crippen LogP contribution in [0.5, 0.6) is 5.75 Å². The molecule has 0 spiro atoms. The summed E-state index contributed by atoms with van der Waals surface area (Å²) in [4.78, 5) is 30.0. The Kier molecular flexibility index (Phi) is 9.01. The molecule has 8 nitrogen and oxygen atoms in total. The van der Waals surface area contributed by atoms with Crippen LogP contribution in [0.2, 0.25) is 0 Å². The number of hydrogen-bond donors (Lipinski definition) is 0. The first kappa shape index (κ1) is 28.3. The first-order chi connectivity index (χ1) is 18.7. The van der Waals surface area contributed by atoms with Crippen molar-refractivity contribution < 1.29 is 14.3 Å². The van der Waals surface area contributed by atoms with Crippen LogP contribution in [0, 0.1) is 13.8 Å². The molecule has 39 heavy (non-hydrogen) atoms. The van der Waals surface area contributed by atoms with Crippen molar-refractivity contribution in [2.75, 3.05) is 6.61 Å². The van der Waals surface area contributed by atoms with Crippen molar-refractivity contribution in [1.82, 2.24) is 14.2 Å². The lowest BCUT2D eigenvalue weighted by Crippen LogP contribution is -2.26. The smallest absolute Gasteiger partial charge is 0.347 e. The highest BCUT2D eigenvalue weighted by Gasteiger charge is 2.16. The largest absolute Gasteiger partial charge is 0.479 e. The van der Waals surface area contributed by atoms with Crippen LogP contribution in [0.3, 0.4) is 0 Å². The number of carbonyl (C=O) groups excluding carboxylic acids is 1. The number of esters is 1. The highest BCUT2D eigenvalue weighted by atomic mass is 79.9. The molecular formula is C30H33BrN4O4. The third-order valence-corrected chi connectivity index (χ3v) is 6.93. The molecular weight excluding hydrogens is 560 g/mol. The number of nitrogens with zero attached hydrogens (tertiary/aromatic N) is 4. The number of ether oxygens (including phenoxy) is 2. The molecule has 0 fully saturated rings. The van der Waals surface area contributed by atoms with Gasteiger partial charge in [-0.1, -0.05) is 29.3 Å². The zero-order valence-corrected chi connectivity index (χ0v) is 24.5. The molecule has 2 aromatic heterocycles. The Morgan fingerprint density at radius 2 is 1.87 bits per heavy atom. The second kappa shape index (κ2) is 12.4. The minimum absolute atomic E-state index is 0.190. The summed E-state index contributed by atoms with van der Waals surface area (Å²) in [5.41, 5.74) is 4.31. The van der Waals surface area contributed by atoms with E-state index in [2.05, 4.69) is 32.5 Å². The van der Waals surface area contributed by atoms with Crippen molar-refractivity contribution in [2.24, 2.45) is 5.10 Å². The van der Waals surface area contributed by atoms with Crippen molar-refractivity contribution >= 4 is 39.0 Å². The maximum Gasteiger partial charge on any atom is 0.347 e. The lowest BCUT2D eigenvalue weighted by molar-refractivity contribution is -0.150. The number of aryl methyl sites for hydroxylation is 2. The molecule has 4 rings (SSSR count). The van der Waals surface area contributed by atoms with E-state index in [1.165, 1.54) is 4.68 Å². The summed E-state index contributed by atoms with van der Waals surface area (Å²) in [7, 11) is 0. The van der Waals surface area contributed by atoms with Crippen LogP contribution in [-0.4, -0.2) is 39.1 Å². The van der Waals surface area contributed by atoms with Crippen LogP contribution in [0.1, 0.15) is 56.4 Å². The van der Waals surface area contributed by atoms with Gasteiger partial charge in [-0.3, -0.25) is 4.79 Å². The maximum atomic E-state index is 13.4. The molecule has 204 valence electrons. The topological polar surface area (TPSA) is 87.7 Å². The van der Waals surface area contributed by atoms with Crippen LogP contribution in [-0.2, 0) is 16.0 Å². The maximum absolute atomic E-state index is 13.4. The van der Waals surface area contributed by atoms with E-state index in [-0.39, 0.29) is 5.56 Å². The molecule has 0 N–H and O–H groups in total. The van der Waals surface area contributed by atoms with Gasteiger partial charge in [-0.25, -0.2) is 9.78 Å². The summed E-state index contributed by atoms with van der Waals surface area (Å²) >= 11 is 3.45. The fourth-order valence-corrected chi connectivity index (χ4v) is 4.79. The third-order valence-electron chi connectivity index (χ3n) is 6.44. The highest BCUT2D eigenvalue weighted by Crippen LogP contribution is 2.23. The number of carbonyl (C=O) groups is 1. The Hall–Kier alpha value is -3.72. The molecule has 0 aliphatic rings. The van der Waals surface area contributed by atoms with Gasteiger partial charge in [0.05, 0.1) is 23.7 Å². The van der Waals surface area contributed by atoms with Crippen molar-refractivity contribution in [3.05, 3.63) is 86.1 Å². The summed E-state index contributed by atoms with van der Waals surface area (Å²) < 4.78 is 15.1. The van der Waals surface area contributed by atoms with E-state index in [4.69, 9.17) is 14.5 Å². The molecule has 1 atom stereocenters. The molecule has 4 aromatic rings. The van der Waals surface area contributed by atoms with Crippen LogP contribution in [0.15, 0.2) is 62.9 Å². The Balaban J connectivity index is 1.64. The van der Waals surface area contributed by atoms with E-state index in [0.29, 0.717) is 35.5 Å². The Morgan fingerprint density at radius 1 is 1.13 bits per heavy atom. The molecule has 0 radical (unpaired) electrons. The summed E-state index contributed by atoms with van der Waals surface area (Å²) in [6, 6.07) is 15.1. The van der Waals surface area contributed by atoms with Gasteiger partial charge >= 0.3 is 5.97 Å². The number of benzene rings is 2. The minimum Gasteiger partial charge on any atom is -0.479 e. The van der Waals surface area contributed by atoms with Gasteiger partial charge in [0, 0.05) is 33.5 Å². The fourth-order valence-electron chi connectivity index (χ4n) is 4.43. The predicted molar refractivity (Wildman–Crippen MR) is 157 cm³/mol. The van der Waals surface area contributed by atoms with E-state index in [0.717, 1.165) is 40.0 Å². The first-order valence-electron chi connectivity index (χ1n) is 13.1. The molecule has 9 heteroatoms. The van der Waals surface area contributed by atoms with E-state index in [1.807, 2.05) is 56.3 Å². The Labute approximate surface area is 236 Å². The molecule has 2 heterocycles. The van der Waals surface area contributed by atoms with Gasteiger partial charge < -0.3 is 14.0 Å². The molecule has 0 saturated heterocycles. The van der Waals surface area contributed by atoms with Crippen molar-refractivity contribution in [1.29, 1.82) is 0 Å². The van der Waals surface area contributed by atoms with E-state index < -0.39 is 12.1 Å². The van der Waals surface area contributed by atoms with Crippen LogP contribution in [0.25, 0.3) is 16.6 Å². The number of aromatic nitrogens is 3. The molecule has 0 aliphatic heterocycles. The van der Waals surface area contributed by atoms with Gasteiger partial charge in [-0.05, 0) is 82.6 Å². The molecule has 0 unspecified atom stereocenters. The normalized spacial score (nSPS) is 12.3. The third kappa shape index (κ3) is 6.30. The number of halogens is 1. The van der Waals surface area contributed by atoms with E-state index >= 15 is 0 Å². The van der Waals surface area contributed by atoms with E-state index in [9.17, 15) is 9.59 Å². The van der Waals surface area contributed by atoms with Gasteiger partial charge in [0.15, 0.2) is 6.10 Å². The summed E-state index contributed by atoms with van der Waals surface area (Å²) in [6.07, 6.45) is 3.60. The zero-order valence-electron chi connectivity index (χ0n) is 22.9. The summed E-state index contributed by atoms with van der Waals surface area (Å²) in [5, 5.41) is 5.14. The number of unbranched alkanes of at least 4 members (excludes halogenated alkanes) is 1. The van der Waals surface area contributed by atoms with E-state index in [1.54, 1.807) is 26.1 Å². The van der Waals surface area contributed by atoms with Gasteiger partial charge in [-0.15, -0.1) is 0 Å². The number of fused-ring (bicyclic) bond motifs is 1. The summed E-state index contributed by atoms with van der Waals surface area (Å²) in [5.74, 6) is 0.834. The Bertz CT molecular complexity index is 1570. The van der Waals surface area contributed by atoms with Crippen LogP contribution < -0.4 is 10.3 Å². The zero-order chi connectivity index (χ0) is 28.1. The van der Waals surface area contributed by atoms with Gasteiger partial charge in [0.2, 0.25) is 0 Å². The SMILES string of the molecule is CCCCc1nc2ccc(Br)cc2c(=O)n1N=Cc1cc(C)n(-c2ccc(O[C@@H](C)C(=O)OCC)cc2)c1C. The average Bonchev–Trinajstić information content (AvgIpc) is 3.20. The molecule has 0 aliphatic carbocycles. The quantitative estimate of drug-likeness (QED) is 0.163. The lowest BCUT2D eigenvalue weighted by atomic mass is 10.2. The molecule has 0 saturated carbocycles. The van der Waals surface area contributed by atoms with Gasteiger partial charge in [0.1, 0.15) is 11.6 Å². The average molecular weight is 594 g/mol. The minimum atomic E-state index is -0.690. The van der Waals surface area contributed by atoms with Gasteiger partial charge in [0.25, 0.3) is 5.56 Å². The number of rotatable bonds is 10. The summed E-state index contributed by atoms with van der Waals surface area (Å²) in [6.45, 7) is 9.89. The monoisotopic (exact) mass is 592 g/mol. The standard InChI is InChI=1S/C30H33BrN4O4/c1-6-8-9-28-33-27-15-10-23(31)17-26(27)29(36)35(28)32-18-22-16-19(3)34(20(22)4)24-11-13-25(14-12-24)39-21(5)30(37)38-7-2/h10-18,21H,6-9H2,1-5H3/t21-/m0/s1. The molecule has 0 bridgehead atoms. The number of hydrogen-bond acceptors (Lipinski definition) is 6.